The van der Waals surface area contributed by atoms with Gasteiger partial charge in [0.1, 0.15) is 16.9 Å². The highest BCUT2D eigenvalue weighted by Gasteiger charge is 2.47. The molecule has 158 valence electrons. The number of halogens is 2. The van der Waals surface area contributed by atoms with Gasteiger partial charge in [-0.3, -0.25) is 4.94 Å². The first-order valence-electron chi connectivity index (χ1n) is 9.75. The smallest absolute Gasteiger partial charge is 0.359 e. The van der Waals surface area contributed by atoms with Crippen LogP contribution < -0.4 is 4.74 Å². The second-order valence-electron chi connectivity index (χ2n) is 7.53. The maximum atomic E-state index is 13.3. The second-order valence-corrected chi connectivity index (χ2v) is 7.97. The van der Waals surface area contributed by atoms with Crippen LogP contribution in [0.2, 0.25) is 5.02 Å². The predicted molar refractivity (Wildman–Crippen MR) is 117 cm³/mol. The SMILES string of the molecule is CC(C)C(Cc1cccc(Oc2ccccc2)c1)(C(=O)OF)c1ccc(Cl)cc1C#N. The van der Waals surface area contributed by atoms with Gasteiger partial charge in [-0.2, -0.15) is 5.26 Å². The van der Waals surface area contributed by atoms with Gasteiger partial charge in [0.2, 0.25) is 0 Å². The summed E-state index contributed by atoms with van der Waals surface area (Å²) in [6.07, 6.45) is 0.107. The van der Waals surface area contributed by atoms with Gasteiger partial charge < -0.3 is 4.74 Å². The Bertz CT molecular complexity index is 1110. The normalized spacial score (nSPS) is 12.6. The minimum absolute atomic E-state index is 0.107. The van der Waals surface area contributed by atoms with Crippen molar-refractivity contribution >= 4 is 17.6 Å². The van der Waals surface area contributed by atoms with E-state index in [1.165, 1.54) is 6.07 Å². The van der Waals surface area contributed by atoms with Crippen LogP contribution in [-0.4, -0.2) is 5.97 Å². The van der Waals surface area contributed by atoms with Crippen molar-refractivity contribution in [2.45, 2.75) is 25.7 Å². The zero-order valence-electron chi connectivity index (χ0n) is 17.1. The van der Waals surface area contributed by atoms with Crippen molar-refractivity contribution in [3.8, 4) is 17.6 Å². The maximum absolute atomic E-state index is 13.3. The molecule has 0 aromatic heterocycles. The van der Waals surface area contributed by atoms with E-state index in [0.29, 0.717) is 22.1 Å². The van der Waals surface area contributed by atoms with Gasteiger partial charge in [-0.15, -0.1) is 0 Å². The van der Waals surface area contributed by atoms with E-state index in [9.17, 15) is 14.6 Å². The summed E-state index contributed by atoms with van der Waals surface area (Å²) >= 11 is 6.04. The van der Waals surface area contributed by atoms with Gasteiger partial charge in [0.05, 0.1) is 11.6 Å². The highest BCUT2D eigenvalue weighted by molar-refractivity contribution is 6.30. The van der Waals surface area contributed by atoms with Gasteiger partial charge in [0.15, 0.2) is 0 Å². The molecule has 0 N–H and O–H groups in total. The number of rotatable bonds is 7. The van der Waals surface area contributed by atoms with Crippen molar-refractivity contribution in [3.63, 3.8) is 0 Å². The minimum atomic E-state index is -1.43. The molecular weight excluding hydrogens is 417 g/mol. The highest BCUT2D eigenvalue weighted by atomic mass is 35.5. The van der Waals surface area contributed by atoms with E-state index in [0.717, 1.165) is 5.56 Å². The summed E-state index contributed by atoms with van der Waals surface area (Å²) in [5.74, 6) is -0.201. The van der Waals surface area contributed by atoms with Gasteiger partial charge in [0.25, 0.3) is 0 Å². The van der Waals surface area contributed by atoms with Gasteiger partial charge in [-0.25, -0.2) is 4.79 Å². The molecule has 0 aliphatic rings. The molecule has 3 aromatic rings. The second kappa shape index (κ2) is 9.63. The van der Waals surface area contributed by atoms with E-state index < -0.39 is 11.4 Å². The van der Waals surface area contributed by atoms with E-state index >= 15 is 0 Å². The van der Waals surface area contributed by atoms with Crippen LogP contribution >= 0.6 is 11.6 Å². The fraction of sp³-hybridized carbons (Fsp3) is 0.200. The van der Waals surface area contributed by atoms with E-state index in [-0.39, 0.29) is 17.9 Å². The van der Waals surface area contributed by atoms with Crippen LogP contribution in [0.5, 0.6) is 11.5 Å². The van der Waals surface area contributed by atoms with Crippen LogP contribution in [0.4, 0.5) is 4.53 Å². The Balaban J connectivity index is 2.07. The first-order valence-corrected chi connectivity index (χ1v) is 10.1. The zero-order valence-corrected chi connectivity index (χ0v) is 17.9. The quantitative estimate of drug-likeness (QED) is 0.419. The summed E-state index contributed by atoms with van der Waals surface area (Å²) in [7, 11) is 0. The summed E-state index contributed by atoms with van der Waals surface area (Å²) in [4.78, 5) is 16.6. The molecule has 1 unspecified atom stereocenters. The van der Waals surface area contributed by atoms with E-state index in [1.807, 2.05) is 36.4 Å². The Morgan fingerprint density at radius 3 is 2.42 bits per heavy atom. The fourth-order valence-corrected chi connectivity index (χ4v) is 3.93. The number of hydrogen-bond acceptors (Lipinski definition) is 4. The lowest BCUT2D eigenvalue weighted by Crippen LogP contribution is -2.44. The molecule has 0 bridgehead atoms. The molecule has 0 heterocycles. The van der Waals surface area contributed by atoms with Crippen molar-refractivity contribution in [2.75, 3.05) is 0 Å². The largest absolute Gasteiger partial charge is 0.457 e. The number of benzene rings is 3. The number of nitriles is 1. The van der Waals surface area contributed by atoms with E-state index in [4.69, 9.17) is 16.3 Å². The number of carbonyl (C=O) groups is 1. The van der Waals surface area contributed by atoms with Gasteiger partial charge in [0, 0.05) is 9.55 Å². The molecule has 3 aromatic carbocycles. The van der Waals surface area contributed by atoms with E-state index in [2.05, 4.69) is 11.0 Å². The Labute approximate surface area is 185 Å². The molecule has 0 radical (unpaired) electrons. The molecule has 0 amide bonds. The first kappa shape index (κ1) is 22.3. The summed E-state index contributed by atoms with van der Waals surface area (Å²) in [6, 6.07) is 23.2. The molecule has 31 heavy (non-hydrogen) atoms. The number of nitrogens with zero attached hydrogens (tertiary/aromatic N) is 1. The van der Waals surface area contributed by atoms with Crippen molar-refractivity contribution in [1.82, 2.24) is 0 Å². The highest BCUT2D eigenvalue weighted by Crippen LogP contribution is 2.40. The van der Waals surface area contributed by atoms with Crippen LogP contribution in [0.15, 0.2) is 72.8 Å². The molecule has 1 atom stereocenters. The summed E-state index contributed by atoms with van der Waals surface area (Å²) in [5, 5.41) is 9.99. The standard InChI is InChI=1S/C25H21ClFNO3/c1-17(2)25(24(29)31-27,23-12-11-20(26)14-19(23)16-28)15-18-7-6-10-22(13-18)30-21-8-4-3-5-9-21/h3-14,17H,15H2,1-2H3. The molecule has 0 aliphatic heterocycles. The molecule has 3 rings (SSSR count). The van der Waals surface area contributed by atoms with Crippen molar-refractivity contribution < 1.29 is 19.0 Å². The minimum Gasteiger partial charge on any atom is -0.457 e. The molecule has 0 fully saturated rings. The van der Waals surface area contributed by atoms with Crippen LogP contribution in [0.1, 0.15) is 30.5 Å². The lowest BCUT2D eigenvalue weighted by molar-refractivity contribution is -0.193. The third-order valence-electron chi connectivity index (χ3n) is 5.36. The molecule has 0 saturated heterocycles. The first-order chi connectivity index (χ1) is 14.9. The lowest BCUT2D eigenvalue weighted by atomic mass is 9.66. The molecule has 6 heteroatoms. The number of ether oxygens (including phenoxy) is 1. The fourth-order valence-electron chi connectivity index (χ4n) is 3.76. The predicted octanol–water partition coefficient (Wildman–Crippen LogP) is 6.57. The topological polar surface area (TPSA) is 59.3 Å². The number of para-hydroxylation sites is 1. The van der Waals surface area contributed by atoms with Crippen LogP contribution in [0, 0.1) is 17.2 Å². The van der Waals surface area contributed by atoms with Crippen molar-refractivity contribution in [1.29, 1.82) is 5.26 Å². The Morgan fingerprint density at radius 2 is 1.77 bits per heavy atom. The van der Waals surface area contributed by atoms with Crippen molar-refractivity contribution in [3.05, 3.63) is 94.5 Å². The van der Waals surface area contributed by atoms with E-state index in [1.54, 1.807) is 44.2 Å². The summed E-state index contributed by atoms with van der Waals surface area (Å²) in [5.41, 5.74) is -0.142. The lowest BCUT2D eigenvalue weighted by Gasteiger charge is -2.35. The van der Waals surface area contributed by atoms with Crippen molar-refractivity contribution in [2.24, 2.45) is 5.92 Å². The van der Waals surface area contributed by atoms with Crippen LogP contribution in [0.25, 0.3) is 0 Å². The summed E-state index contributed by atoms with van der Waals surface area (Å²) in [6.45, 7) is 3.58. The summed E-state index contributed by atoms with van der Waals surface area (Å²) < 4.78 is 19.2. The number of carbonyl (C=O) groups excluding carboxylic acids is 1. The Morgan fingerprint density at radius 1 is 1.06 bits per heavy atom. The molecule has 0 aliphatic carbocycles. The number of hydrogen-bond donors (Lipinski definition) is 0. The molecule has 0 spiro atoms. The Hall–Kier alpha value is -3.36. The Kier molecular flexibility index (Phi) is 6.94. The third kappa shape index (κ3) is 4.70. The van der Waals surface area contributed by atoms with Gasteiger partial charge >= 0.3 is 5.97 Å². The average Bonchev–Trinajstić information content (AvgIpc) is 2.77. The van der Waals surface area contributed by atoms with Crippen LogP contribution in [0.3, 0.4) is 0 Å². The monoisotopic (exact) mass is 437 g/mol. The molecular formula is C25H21ClFNO3. The molecule has 4 nitrogen and oxygen atoms in total. The average molecular weight is 438 g/mol. The van der Waals surface area contributed by atoms with Gasteiger partial charge in [-0.1, -0.05) is 61.8 Å². The maximum Gasteiger partial charge on any atom is 0.359 e. The van der Waals surface area contributed by atoms with Crippen LogP contribution in [-0.2, 0) is 21.6 Å². The zero-order chi connectivity index (χ0) is 22.4. The third-order valence-corrected chi connectivity index (χ3v) is 5.60. The molecule has 0 saturated carbocycles. The van der Waals surface area contributed by atoms with Gasteiger partial charge in [-0.05, 0) is 59.9 Å².